The van der Waals surface area contributed by atoms with E-state index < -0.39 is 5.91 Å². The van der Waals surface area contributed by atoms with Crippen LogP contribution in [0.4, 0.5) is 0 Å². The highest BCUT2D eigenvalue weighted by Crippen LogP contribution is 2.13. The summed E-state index contributed by atoms with van der Waals surface area (Å²) in [5, 5.41) is 2.04. The average Bonchev–Trinajstić information content (AvgIpc) is 2.14. The first-order valence-corrected chi connectivity index (χ1v) is 3.78. The summed E-state index contributed by atoms with van der Waals surface area (Å²) < 4.78 is 0.654. The summed E-state index contributed by atoms with van der Waals surface area (Å²) in [6, 6.07) is 0. The quantitative estimate of drug-likeness (QED) is 0.746. The van der Waals surface area contributed by atoms with Crippen LogP contribution in [0.1, 0.15) is 9.80 Å². The van der Waals surface area contributed by atoms with Crippen molar-refractivity contribution >= 4 is 33.2 Å². The number of amides is 1. The van der Waals surface area contributed by atoms with Crippen LogP contribution in [-0.2, 0) is 0 Å². The molecule has 0 aliphatic heterocycles. The van der Waals surface area contributed by atoms with Crippen LogP contribution in [0.3, 0.4) is 0 Å². The summed E-state index contributed by atoms with van der Waals surface area (Å²) in [5.74, 6) is -0.481. The van der Waals surface area contributed by atoms with Crippen molar-refractivity contribution in [2.75, 3.05) is 0 Å². The number of primary amides is 1. The second-order valence-corrected chi connectivity index (χ2v) is 3.01. The van der Waals surface area contributed by atoms with E-state index in [0.717, 1.165) is 0 Å². The van der Waals surface area contributed by atoms with Crippen LogP contribution in [0.15, 0.2) is 9.98 Å². The van der Waals surface area contributed by atoms with E-state index in [9.17, 15) is 4.79 Å². The highest BCUT2D eigenvalue weighted by molar-refractivity contribution is 9.10. The molecule has 0 fully saturated rings. The minimum Gasteiger partial charge on any atom is -0.364 e. The topological polar surface area (TPSA) is 56.0 Å². The van der Waals surface area contributed by atoms with E-state index in [2.05, 4.69) is 20.9 Å². The molecule has 1 aromatic heterocycles. The van der Waals surface area contributed by atoms with E-state index in [0.29, 0.717) is 9.61 Å². The zero-order valence-corrected chi connectivity index (χ0v) is 6.70. The Labute approximate surface area is 64.0 Å². The zero-order chi connectivity index (χ0) is 6.85. The minimum absolute atomic E-state index is 0.335. The molecule has 0 radical (unpaired) electrons. The van der Waals surface area contributed by atoms with Crippen molar-refractivity contribution in [2.24, 2.45) is 5.73 Å². The fourth-order valence-electron chi connectivity index (χ4n) is 0.367. The van der Waals surface area contributed by atoms with Gasteiger partial charge in [0.05, 0.1) is 0 Å². The Balaban J connectivity index is 2.98. The predicted molar refractivity (Wildman–Crippen MR) is 38.3 cm³/mol. The molecule has 2 N–H and O–H groups in total. The second-order valence-electron chi connectivity index (χ2n) is 1.34. The number of aromatic nitrogens is 1. The molecule has 9 heavy (non-hydrogen) atoms. The summed E-state index contributed by atoms with van der Waals surface area (Å²) in [6.07, 6.45) is 0. The zero-order valence-electron chi connectivity index (χ0n) is 4.30. The molecule has 48 valence electrons. The third kappa shape index (κ3) is 1.49. The fraction of sp³-hybridized carbons (Fsp3) is 0. The summed E-state index contributed by atoms with van der Waals surface area (Å²) in [7, 11) is 0. The molecule has 3 nitrogen and oxygen atoms in total. The minimum atomic E-state index is -0.481. The van der Waals surface area contributed by atoms with Gasteiger partial charge >= 0.3 is 0 Å². The highest BCUT2D eigenvalue weighted by Gasteiger charge is 2.03. The van der Waals surface area contributed by atoms with E-state index in [1.165, 1.54) is 11.3 Å². The maximum absolute atomic E-state index is 10.4. The number of nitrogens with zero attached hydrogens (tertiary/aromatic N) is 1. The van der Waals surface area contributed by atoms with Gasteiger partial charge in [-0.05, 0) is 15.9 Å². The van der Waals surface area contributed by atoms with Gasteiger partial charge in [-0.3, -0.25) is 4.79 Å². The van der Waals surface area contributed by atoms with Crippen molar-refractivity contribution < 1.29 is 4.79 Å². The predicted octanol–water partition coefficient (Wildman–Crippen LogP) is 1.00. The van der Waals surface area contributed by atoms with Gasteiger partial charge in [0, 0.05) is 5.38 Å². The molecule has 0 atom stereocenters. The molecular formula is C4H3BrN2OS. The van der Waals surface area contributed by atoms with Crippen molar-refractivity contribution in [3.8, 4) is 0 Å². The Morgan fingerprint density at radius 3 is 2.78 bits per heavy atom. The van der Waals surface area contributed by atoms with Crippen molar-refractivity contribution in [2.45, 2.75) is 0 Å². The van der Waals surface area contributed by atoms with E-state index in [4.69, 9.17) is 5.73 Å². The smallest absolute Gasteiger partial charge is 0.277 e. The van der Waals surface area contributed by atoms with E-state index >= 15 is 0 Å². The number of hydrogen-bond donors (Lipinski definition) is 1. The monoisotopic (exact) mass is 206 g/mol. The molecule has 0 unspecified atom stereocenters. The number of rotatable bonds is 1. The Morgan fingerprint density at radius 2 is 2.56 bits per heavy atom. The molecule has 0 spiro atoms. The van der Waals surface area contributed by atoms with Crippen LogP contribution in [0, 0.1) is 0 Å². The van der Waals surface area contributed by atoms with Gasteiger partial charge < -0.3 is 5.73 Å². The summed E-state index contributed by atoms with van der Waals surface area (Å²) in [4.78, 5) is 14.1. The van der Waals surface area contributed by atoms with Crippen LogP contribution in [0.25, 0.3) is 0 Å². The lowest BCUT2D eigenvalue weighted by Gasteiger charge is -1.79. The van der Waals surface area contributed by atoms with Crippen molar-refractivity contribution in [3.63, 3.8) is 0 Å². The lowest BCUT2D eigenvalue weighted by atomic mass is 10.7. The van der Waals surface area contributed by atoms with E-state index in [1.54, 1.807) is 5.38 Å². The van der Waals surface area contributed by atoms with Crippen molar-refractivity contribution in [3.05, 3.63) is 15.0 Å². The maximum atomic E-state index is 10.4. The number of thiazole rings is 1. The van der Waals surface area contributed by atoms with Gasteiger partial charge in [0.15, 0.2) is 5.01 Å². The summed E-state index contributed by atoms with van der Waals surface area (Å²) in [6.45, 7) is 0. The lowest BCUT2D eigenvalue weighted by Crippen LogP contribution is -2.09. The van der Waals surface area contributed by atoms with Gasteiger partial charge in [0.25, 0.3) is 5.91 Å². The van der Waals surface area contributed by atoms with Crippen LogP contribution in [0.2, 0.25) is 0 Å². The standard InChI is InChI=1S/C4H3BrN2OS/c5-2-1-9-4(7-2)3(6)8/h1H,(H2,6,8). The number of hydrogen-bond acceptors (Lipinski definition) is 3. The first-order chi connectivity index (χ1) is 4.20. The number of nitrogens with two attached hydrogens (primary N) is 1. The Bertz CT molecular complexity index is 234. The van der Waals surface area contributed by atoms with E-state index in [1.807, 2.05) is 0 Å². The molecule has 5 heteroatoms. The summed E-state index contributed by atoms with van der Waals surface area (Å²) >= 11 is 4.32. The van der Waals surface area contributed by atoms with Crippen molar-refractivity contribution in [1.82, 2.24) is 4.98 Å². The lowest BCUT2D eigenvalue weighted by molar-refractivity contribution is 0.1000. The van der Waals surface area contributed by atoms with Crippen LogP contribution >= 0.6 is 27.3 Å². The first kappa shape index (κ1) is 6.70. The first-order valence-electron chi connectivity index (χ1n) is 2.11. The molecule has 1 amide bonds. The van der Waals surface area contributed by atoms with Crippen LogP contribution in [-0.4, -0.2) is 10.9 Å². The highest BCUT2D eigenvalue weighted by atomic mass is 79.9. The van der Waals surface area contributed by atoms with Crippen LogP contribution < -0.4 is 5.73 Å². The van der Waals surface area contributed by atoms with Gasteiger partial charge in [-0.15, -0.1) is 11.3 Å². The van der Waals surface area contributed by atoms with E-state index in [-0.39, 0.29) is 0 Å². The Hall–Kier alpha value is -0.420. The van der Waals surface area contributed by atoms with Gasteiger partial charge in [-0.1, -0.05) is 0 Å². The molecule has 1 heterocycles. The molecule has 1 aromatic rings. The SMILES string of the molecule is NC(=O)c1nc(Br)cs1. The summed E-state index contributed by atoms with van der Waals surface area (Å²) in [5.41, 5.74) is 4.92. The molecular weight excluding hydrogens is 204 g/mol. The molecule has 0 aliphatic rings. The normalized spacial score (nSPS) is 9.44. The average molecular weight is 207 g/mol. The van der Waals surface area contributed by atoms with Gasteiger partial charge in [0.2, 0.25) is 0 Å². The maximum Gasteiger partial charge on any atom is 0.277 e. The van der Waals surface area contributed by atoms with Crippen molar-refractivity contribution in [1.29, 1.82) is 0 Å². The molecule has 0 saturated carbocycles. The van der Waals surface area contributed by atoms with Gasteiger partial charge in [-0.2, -0.15) is 0 Å². The van der Waals surface area contributed by atoms with Gasteiger partial charge in [0.1, 0.15) is 4.60 Å². The second kappa shape index (κ2) is 2.45. The number of halogens is 1. The molecule has 0 aliphatic carbocycles. The number of carbonyl (C=O) groups is 1. The fourth-order valence-corrected chi connectivity index (χ4v) is 1.47. The number of carbonyl (C=O) groups excluding carboxylic acids is 1. The molecule has 1 rings (SSSR count). The Morgan fingerprint density at radius 1 is 1.89 bits per heavy atom. The van der Waals surface area contributed by atoms with Crippen LogP contribution in [0.5, 0.6) is 0 Å². The van der Waals surface area contributed by atoms with Gasteiger partial charge in [-0.25, -0.2) is 4.98 Å². The molecule has 0 saturated heterocycles. The Kier molecular flexibility index (Phi) is 1.82. The largest absolute Gasteiger partial charge is 0.364 e. The third-order valence-electron chi connectivity index (χ3n) is 0.687. The molecule has 0 bridgehead atoms. The third-order valence-corrected chi connectivity index (χ3v) is 2.25. The molecule has 0 aromatic carbocycles.